The van der Waals surface area contributed by atoms with Gasteiger partial charge in [0.25, 0.3) is 5.91 Å². The Morgan fingerprint density at radius 3 is 2.55 bits per heavy atom. The van der Waals surface area contributed by atoms with Crippen LogP contribution in [0.5, 0.6) is 0 Å². The van der Waals surface area contributed by atoms with Gasteiger partial charge in [0.1, 0.15) is 0 Å². The van der Waals surface area contributed by atoms with E-state index >= 15 is 0 Å². The molecular weight excluding hydrogens is 384 g/mol. The van der Waals surface area contributed by atoms with Crippen LogP contribution in [0.1, 0.15) is 32.9 Å². The van der Waals surface area contributed by atoms with E-state index in [9.17, 15) is 4.79 Å². The van der Waals surface area contributed by atoms with Crippen LogP contribution in [-0.4, -0.2) is 20.7 Å². The average Bonchev–Trinajstić information content (AvgIpc) is 3.02. The van der Waals surface area contributed by atoms with Crippen LogP contribution in [0.25, 0.3) is 11.0 Å². The van der Waals surface area contributed by atoms with Gasteiger partial charge in [-0.25, -0.2) is 9.67 Å². The van der Waals surface area contributed by atoms with Crippen molar-refractivity contribution >= 4 is 28.5 Å². The van der Waals surface area contributed by atoms with Crippen molar-refractivity contribution < 1.29 is 4.79 Å². The van der Waals surface area contributed by atoms with Gasteiger partial charge in [0, 0.05) is 17.3 Å². The lowest BCUT2D eigenvalue weighted by atomic mass is 10.1. The van der Waals surface area contributed by atoms with E-state index in [1.54, 1.807) is 0 Å². The first-order valence-electron chi connectivity index (χ1n) is 9.43. The fourth-order valence-electron chi connectivity index (χ4n) is 3.44. The minimum absolute atomic E-state index is 0.164. The third-order valence-electron chi connectivity index (χ3n) is 4.82. The highest BCUT2D eigenvalue weighted by molar-refractivity contribution is 6.31. The summed E-state index contributed by atoms with van der Waals surface area (Å²) in [5.41, 5.74) is 4.86. The smallest absolute Gasteiger partial charge is 0.252 e. The van der Waals surface area contributed by atoms with Gasteiger partial charge >= 0.3 is 0 Å². The normalized spacial score (nSPS) is 11.0. The van der Waals surface area contributed by atoms with Crippen LogP contribution < -0.4 is 5.32 Å². The van der Waals surface area contributed by atoms with E-state index in [0.29, 0.717) is 29.3 Å². The summed E-state index contributed by atoms with van der Waals surface area (Å²) >= 11 is 6.20. The number of rotatable bonds is 5. The molecule has 1 N–H and O–H groups in total. The van der Waals surface area contributed by atoms with Crippen molar-refractivity contribution in [2.75, 3.05) is 0 Å². The van der Waals surface area contributed by atoms with Crippen LogP contribution in [0.15, 0.2) is 60.7 Å². The van der Waals surface area contributed by atoms with Crippen molar-refractivity contribution in [1.82, 2.24) is 20.1 Å². The number of carbonyl (C=O) groups excluding carboxylic acids is 1. The fourth-order valence-corrected chi connectivity index (χ4v) is 3.64. The van der Waals surface area contributed by atoms with E-state index < -0.39 is 0 Å². The maximum absolute atomic E-state index is 13.0. The van der Waals surface area contributed by atoms with Crippen LogP contribution in [0.3, 0.4) is 0 Å². The lowest BCUT2D eigenvalue weighted by Crippen LogP contribution is -2.23. The number of hydrogen-bond acceptors (Lipinski definition) is 3. The zero-order valence-corrected chi connectivity index (χ0v) is 17.1. The fraction of sp³-hybridized carbons (Fsp3) is 0.174. The minimum atomic E-state index is -0.164. The predicted octanol–water partition coefficient (Wildman–Crippen LogP) is 4.68. The molecule has 29 heavy (non-hydrogen) atoms. The van der Waals surface area contributed by atoms with Gasteiger partial charge in [-0.3, -0.25) is 4.79 Å². The molecule has 146 valence electrons. The Labute approximate surface area is 174 Å². The SMILES string of the molecule is Cc1cc(C(=O)NCc2ccccc2Cl)c2c(C)nn(Cc3ccccc3)c2n1. The van der Waals surface area contributed by atoms with Crippen molar-refractivity contribution in [2.45, 2.75) is 26.9 Å². The molecule has 0 aliphatic rings. The van der Waals surface area contributed by atoms with Crippen LogP contribution in [0.2, 0.25) is 5.02 Å². The second kappa shape index (κ2) is 8.05. The molecule has 0 saturated carbocycles. The van der Waals surface area contributed by atoms with Gasteiger partial charge in [-0.1, -0.05) is 60.1 Å². The third kappa shape index (κ3) is 4.00. The molecule has 4 rings (SSSR count). The Morgan fingerprint density at radius 1 is 1.07 bits per heavy atom. The highest BCUT2D eigenvalue weighted by atomic mass is 35.5. The largest absolute Gasteiger partial charge is 0.348 e. The molecule has 0 unspecified atom stereocenters. The molecule has 6 heteroatoms. The maximum Gasteiger partial charge on any atom is 0.252 e. The summed E-state index contributed by atoms with van der Waals surface area (Å²) in [6, 6.07) is 19.4. The van der Waals surface area contributed by atoms with Gasteiger partial charge in [0.2, 0.25) is 0 Å². The summed E-state index contributed by atoms with van der Waals surface area (Å²) in [7, 11) is 0. The molecule has 2 aromatic carbocycles. The number of carbonyl (C=O) groups is 1. The van der Waals surface area contributed by atoms with Gasteiger partial charge in [0.15, 0.2) is 5.65 Å². The van der Waals surface area contributed by atoms with Crippen molar-refractivity contribution in [1.29, 1.82) is 0 Å². The van der Waals surface area contributed by atoms with Gasteiger partial charge in [-0.15, -0.1) is 0 Å². The van der Waals surface area contributed by atoms with Gasteiger partial charge in [-0.2, -0.15) is 5.10 Å². The molecule has 0 atom stereocenters. The number of nitrogens with one attached hydrogen (secondary N) is 1. The first-order chi connectivity index (χ1) is 14.0. The topological polar surface area (TPSA) is 59.8 Å². The number of halogens is 1. The van der Waals surface area contributed by atoms with E-state index in [2.05, 4.69) is 27.5 Å². The second-order valence-corrected chi connectivity index (χ2v) is 7.42. The summed E-state index contributed by atoms with van der Waals surface area (Å²) in [5.74, 6) is -0.164. The number of fused-ring (bicyclic) bond motifs is 1. The molecule has 1 amide bonds. The minimum Gasteiger partial charge on any atom is -0.348 e. The molecule has 0 saturated heterocycles. The Morgan fingerprint density at radius 2 is 1.79 bits per heavy atom. The summed E-state index contributed by atoms with van der Waals surface area (Å²) < 4.78 is 1.86. The van der Waals surface area contributed by atoms with Crippen molar-refractivity contribution in [3.05, 3.63) is 93.8 Å². The quantitative estimate of drug-likeness (QED) is 0.525. The second-order valence-electron chi connectivity index (χ2n) is 7.01. The number of pyridine rings is 1. The Hall–Kier alpha value is -3.18. The lowest BCUT2D eigenvalue weighted by molar-refractivity contribution is 0.0952. The van der Waals surface area contributed by atoms with Crippen LogP contribution in [0.4, 0.5) is 0 Å². The summed E-state index contributed by atoms with van der Waals surface area (Å²) in [4.78, 5) is 17.7. The number of benzene rings is 2. The number of aryl methyl sites for hydroxylation is 2. The third-order valence-corrected chi connectivity index (χ3v) is 5.19. The zero-order chi connectivity index (χ0) is 20.4. The highest BCUT2D eigenvalue weighted by Gasteiger charge is 2.19. The number of amides is 1. The lowest BCUT2D eigenvalue weighted by Gasteiger charge is -2.09. The number of nitrogens with zero attached hydrogens (tertiary/aromatic N) is 3. The van der Waals surface area contributed by atoms with Crippen molar-refractivity contribution in [3.63, 3.8) is 0 Å². The molecule has 0 radical (unpaired) electrons. The molecular formula is C23H21ClN4O. The highest BCUT2D eigenvalue weighted by Crippen LogP contribution is 2.23. The first-order valence-corrected chi connectivity index (χ1v) is 9.81. The molecule has 0 aliphatic carbocycles. The van der Waals surface area contributed by atoms with E-state index in [1.165, 1.54) is 0 Å². The van der Waals surface area contributed by atoms with Gasteiger partial charge < -0.3 is 5.32 Å². The zero-order valence-electron chi connectivity index (χ0n) is 16.3. The van der Waals surface area contributed by atoms with Crippen LogP contribution in [-0.2, 0) is 13.1 Å². The van der Waals surface area contributed by atoms with Crippen LogP contribution >= 0.6 is 11.6 Å². The number of aromatic nitrogens is 3. The summed E-state index contributed by atoms with van der Waals surface area (Å²) in [6.45, 7) is 4.76. The number of hydrogen-bond donors (Lipinski definition) is 1. The van der Waals surface area contributed by atoms with E-state index in [1.807, 2.05) is 67.1 Å². The van der Waals surface area contributed by atoms with Crippen molar-refractivity contribution in [2.24, 2.45) is 0 Å². The predicted molar refractivity (Wildman–Crippen MR) is 115 cm³/mol. The van der Waals surface area contributed by atoms with E-state index in [4.69, 9.17) is 11.6 Å². The average molecular weight is 405 g/mol. The molecule has 2 aromatic heterocycles. The maximum atomic E-state index is 13.0. The van der Waals surface area contributed by atoms with E-state index in [-0.39, 0.29) is 5.91 Å². The Bertz CT molecular complexity index is 1180. The molecule has 0 bridgehead atoms. The van der Waals surface area contributed by atoms with Crippen molar-refractivity contribution in [3.8, 4) is 0 Å². The molecule has 0 spiro atoms. The molecule has 4 aromatic rings. The molecule has 0 fully saturated rings. The van der Waals surface area contributed by atoms with Gasteiger partial charge in [0.05, 0.1) is 23.2 Å². The monoisotopic (exact) mass is 404 g/mol. The Kier molecular flexibility index (Phi) is 5.32. The molecule has 5 nitrogen and oxygen atoms in total. The molecule has 2 heterocycles. The first kappa shape index (κ1) is 19.2. The van der Waals surface area contributed by atoms with Gasteiger partial charge in [-0.05, 0) is 37.1 Å². The summed E-state index contributed by atoms with van der Waals surface area (Å²) in [6.07, 6.45) is 0. The summed E-state index contributed by atoms with van der Waals surface area (Å²) in [5, 5.41) is 9.04. The van der Waals surface area contributed by atoms with E-state index in [0.717, 1.165) is 27.9 Å². The standard InChI is InChI=1S/C23H21ClN4O/c1-15-12-19(23(29)25-13-18-10-6-7-11-20(18)24)21-16(2)27-28(22(21)26-15)14-17-8-4-3-5-9-17/h3-12H,13-14H2,1-2H3,(H,25,29). The Balaban J connectivity index is 1.67. The van der Waals surface area contributed by atoms with Crippen LogP contribution in [0, 0.1) is 13.8 Å². The molecule has 0 aliphatic heterocycles.